The number of sulfonamides is 1. The fourth-order valence-corrected chi connectivity index (χ4v) is 5.08. The van der Waals surface area contributed by atoms with Crippen molar-refractivity contribution in [3.8, 4) is 11.3 Å². The van der Waals surface area contributed by atoms with Gasteiger partial charge in [0.1, 0.15) is 19.5 Å². The molecule has 2 aromatic heterocycles. The minimum absolute atomic E-state index is 0.0680. The van der Waals surface area contributed by atoms with Gasteiger partial charge in [-0.1, -0.05) is 41.4 Å². The normalized spacial score (nSPS) is 11.9. The Hall–Kier alpha value is -2.66. The van der Waals surface area contributed by atoms with Gasteiger partial charge in [-0.25, -0.2) is 22.1 Å². The Labute approximate surface area is 208 Å². The highest BCUT2D eigenvalue weighted by Crippen LogP contribution is 2.28. The first-order chi connectivity index (χ1) is 16.2. The monoisotopic (exact) mass is 517 g/mol. The minimum Gasteiger partial charge on any atom is -0.370 e. The molecule has 0 bridgehead atoms. The molecule has 1 N–H and O–H groups in total. The van der Waals surface area contributed by atoms with Crippen molar-refractivity contribution < 1.29 is 12.8 Å². The fraction of sp³-hybridized carbons (Fsp3) is 0.182. The van der Waals surface area contributed by atoms with Crippen molar-refractivity contribution in [1.82, 2.24) is 18.9 Å². The second-order valence-corrected chi connectivity index (χ2v) is 10.4. The SMILES string of the molecule is [B]c1cnn2c(NCCCN(C)S(=O)(=O)c3ccc(F)c(Cl)c3)cc(-c3ccccc3Cl)nc12. The highest BCUT2D eigenvalue weighted by atomic mass is 35.5. The quantitative estimate of drug-likeness (QED) is 0.284. The number of anilines is 1. The summed E-state index contributed by atoms with van der Waals surface area (Å²) in [6.07, 6.45) is 1.99. The number of hydrogen-bond acceptors (Lipinski definition) is 5. The van der Waals surface area contributed by atoms with E-state index in [1.807, 2.05) is 24.3 Å². The number of nitrogens with zero attached hydrogens (tertiary/aromatic N) is 4. The van der Waals surface area contributed by atoms with E-state index in [1.165, 1.54) is 23.6 Å². The average Bonchev–Trinajstić information content (AvgIpc) is 3.19. The zero-order valence-electron chi connectivity index (χ0n) is 18.0. The smallest absolute Gasteiger partial charge is 0.242 e. The Morgan fingerprint density at radius 3 is 2.65 bits per heavy atom. The first-order valence-corrected chi connectivity index (χ1v) is 12.4. The molecule has 2 heterocycles. The summed E-state index contributed by atoms with van der Waals surface area (Å²) in [5.41, 5.74) is 2.27. The first-order valence-electron chi connectivity index (χ1n) is 10.2. The molecule has 0 aliphatic rings. The molecular formula is C22H19BCl2FN5O2S. The van der Waals surface area contributed by atoms with Gasteiger partial charge in [0, 0.05) is 43.0 Å². The lowest BCUT2D eigenvalue weighted by Gasteiger charge is -2.18. The van der Waals surface area contributed by atoms with Crippen LogP contribution in [0.25, 0.3) is 16.9 Å². The van der Waals surface area contributed by atoms with Crippen LogP contribution in [0.5, 0.6) is 0 Å². The second-order valence-electron chi connectivity index (χ2n) is 7.52. The van der Waals surface area contributed by atoms with E-state index in [0.29, 0.717) is 40.6 Å². The lowest BCUT2D eigenvalue weighted by molar-refractivity contribution is 0.465. The second kappa shape index (κ2) is 9.91. The molecule has 2 aromatic carbocycles. The topological polar surface area (TPSA) is 79.6 Å². The van der Waals surface area contributed by atoms with Gasteiger partial charge in [0.05, 0.1) is 15.6 Å². The molecule has 0 fully saturated rings. The Morgan fingerprint density at radius 1 is 1.15 bits per heavy atom. The van der Waals surface area contributed by atoms with Crippen LogP contribution in [0, 0.1) is 5.82 Å². The van der Waals surface area contributed by atoms with Crippen LogP contribution in [0.3, 0.4) is 0 Å². The van der Waals surface area contributed by atoms with Gasteiger partial charge < -0.3 is 5.32 Å². The van der Waals surface area contributed by atoms with Gasteiger partial charge >= 0.3 is 0 Å². The number of benzene rings is 2. The number of aromatic nitrogens is 3. The van der Waals surface area contributed by atoms with Crippen molar-refractivity contribution in [3.05, 3.63) is 70.6 Å². The molecule has 0 saturated heterocycles. The summed E-state index contributed by atoms with van der Waals surface area (Å²) in [7, 11) is 3.69. The number of fused-ring (bicyclic) bond motifs is 1. The molecule has 7 nitrogen and oxygen atoms in total. The third kappa shape index (κ3) is 4.90. The number of halogens is 3. The van der Waals surface area contributed by atoms with Crippen molar-refractivity contribution >= 4 is 58.0 Å². The molecule has 0 aliphatic heterocycles. The molecule has 34 heavy (non-hydrogen) atoms. The maximum absolute atomic E-state index is 13.4. The standard InChI is InChI=1S/C22H19BCl2FN5O2S/c1-30(34(32,33)14-7-8-19(26)18(25)11-14)10-4-9-27-21-12-20(15-5-2-3-6-17(15)24)29-22-16(23)13-28-31(21)22/h2-3,5-8,11-13,27H,4,9-10H2,1H3. The van der Waals surface area contributed by atoms with Crippen LogP contribution >= 0.6 is 23.2 Å². The predicted molar refractivity (Wildman–Crippen MR) is 133 cm³/mol. The van der Waals surface area contributed by atoms with E-state index in [0.717, 1.165) is 17.7 Å². The summed E-state index contributed by atoms with van der Waals surface area (Å²) >= 11 is 12.1. The van der Waals surface area contributed by atoms with Crippen LogP contribution < -0.4 is 10.8 Å². The van der Waals surface area contributed by atoms with E-state index in [-0.39, 0.29) is 16.5 Å². The number of hydrogen-bond donors (Lipinski definition) is 1. The van der Waals surface area contributed by atoms with Crippen LogP contribution in [-0.4, -0.2) is 55.3 Å². The first kappa shape index (κ1) is 24.5. The molecule has 2 radical (unpaired) electrons. The van der Waals surface area contributed by atoms with Crippen LogP contribution in [0.15, 0.2) is 59.6 Å². The molecule has 4 aromatic rings. The molecule has 12 heteroatoms. The van der Waals surface area contributed by atoms with Gasteiger partial charge in [-0.2, -0.15) is 9.61 Å². The molecule has 0 atom stereocenters. The number of nitrogens with one attached hydrogen (secondary N) is 1. The third-order valence-electron chi connectivity index (χ3n) is 5.20. The van der Waals surface area contributed by atoms with Crippen molar-refractivity contribution in [2.24, 2.45) is 0 Å². The highest BCUT2D eigenvalue weighted by Gasteiger charge is 2.21. The summed E-state index contributed by atoms with van der Waals surface area (Å²) in [5.74, 6) is -0.0426. The third-order valence-corrected chi connectivity index (χ3v) is 7.68. The van der Waals surface area contributed by atoms with Crippen LogP contribution in [0.1, 0.15) is 6.42 Å². The summed E-state index contributed by atoms with van der Waals surface area (Å²) in [6, 6.07) is 12.5. The largest absolute Gasteiger partial charge is 0.370 e. The Balaban J connectivity index is 1.48. The lowest BCUT2D eigenvalue weighted by Crippen LogP contribution is -2.29. The molecule has 0 aliphatic carbocycles. The predicted octanol–water partition coefficient (Wildman–Crippen LogP) is 3.76. The molecule has 4 rings (SSSR count). The molecular weight excluding hydrogens is 499 g/mol. The highest BCUT2D eigenvalue weighted by molar-refractivity contribution is 7.89. The van der Waals surface area contributed by atoms with Gasteiger partial charge in [0.25, 0.3) is 0 Å². The summed E-state index contributed by atoms with van der Waals surface area (Å²) in [5, 5.41) is 7.84. The zero-order valence-corrected chi connectivity index (χ0v) is 20.4. The lowest BCUT2D eigenvalue weighted by atomic mass is 10.0. The van der Waals surface area contributed by atoms with Crippen LogP contribution in [0.2, 0.25) is 10.0 Å². The molecule has 0 spiro atoms. The number of rotatable bonds is 8. The molecule has 0 unspecified atom stereocenters. The zero-order chi connectivity index (χ0) is 24.5. The Morgan fingerprint density at radius 2 is 1.91 bits per heavy atom. The summed E-state index contributed by atoms with van der Waals surface area (Å²) in [4.78, 5) is 4.52. The van der Waals surface area contributed by atoms with Crippen LogP contribution in [0.4, 0.5) is 10.2 Å². The van der Waals surface area contributed by atoms with Gasteiger partial charge in [0.2, 0.25) is 10.0 Å². The van der Waals surface area contributed by atoms with Gasteiger partial charge in [0.15, 0.2) is 5.65 Å². The van der Waals surface area contributed by atoms with Gasteiger partial charge in [-0.3, -0.25) is 0 Å². The summed E-state index contributed by atoms with van der Waals surface area (Å²) < 4.78 is 41.7. The van der Waals surface area contributed by atoms with Gasteiger partial charge in [-0.15, -0.1) is 0 Å². The van der Waals surface area contributed by atoms with Crippen LogP contribution in [-0.2, 0) is 10.0 Å². The van der Waals surface area contributed by atoms with E-state index in [4.69, 9.17) is 31.0 Å². The van der Waals surface area contributed by atoms with E-state index < -0.39 is 15.8 Å². The van der Waals surface area contributed by atoms with Gasteiger partial charge in [-0.05, 0) is 36.1 Å². The minimum atomic E-state index is -3.81. The fourth-order valence-electron chi connectivity index (χ4n) is 3.37. The van der Waals surface area contributed by atoms with E-state index >= 15 is 0 Å². The van der Waals surface area contributed by atoms with Crippen molar-refractivity contribution in [1.29, 1.82) is 0 Å². The van der Waals surface area contributed by atoms with E-state index in [9.17, 15) is 12.8 Å². The van der Waals surface area contributed by atoms with E-state index in [1.54, 1.807) is 10.6 Å². The van der Waals surface area contributed by atoms with Crippen molar-refractivity contribution in [3.63, 3.8) is 0 Å². The molecule has 174 valence electrons. The van der Waals surface area contributed by atoms with Crippen molar-refractivity contribution in [2.75, 3.05) is 25.5 Å². The summed E-state index contributed by atoms with van der Waals surface area (Å²) in [6.45, 7) is 0.655. The average molecular weight is 518 g/mol. The van der Waals surface area contributed by atoms with Crippen molar-refractivity contribution in [2.45, 2.75) is 11.3 Å². The maximum atomic E-state index is 13.4. The maximum Gasteiger partial charge on any atom is 0.242 e. The Kier molecular flexibility index (Phi) is 7.13. The molecule has 0 saturated carbocycles. The Bertz CT molecular complexity index is 1470. The molecule has 0 amide bonds. The van der Waals surface area contributed by atoms with E-state index in [2.05, 4.69) is 15.4 Å².